The van der Waals surface area contributed by atoms with Gasteiger partial charge in [0.1, 0.15) is 0 Å². The summed E-state index contributed by atoms with van der Waals surface area (Å²) in [7, 11) is 0. The highest BCUT2D eigenvalue weighted by atomic mass is 32.1. The second-order valence-electron chi connectivity index (χ2n) is 3.84. The second kappa shape index (κ2) is 6.51. The fourth-order valence-electron chi connectivity index (χ4n) is 1.71. The van der Waals surface area contributed by atoms with Crippen LogP contribution < -0.4 is 16.6 Å². The Morgan fingerprint density at radius 3 is 2.59 bits per heavy atom. The number of rotatable bonds is 6. The second-order valence-corrected chi connectivity index (χ2v) is 4.87. The zero-order chi connectivity index (χ0) is 11.9. The molecule has 3 nitrogen and oxygen atoms in total. The molecule has 17 heavy (non-hydrogen) atoms. The van der Waals surface area contributed by atoms with Crippen LogP contribution in [0.15, 0.2) is 47.8 Å². The topological polar surface area (TPSA) is 50.1 Å². The summed E-state index contributed by atoms with van der Waals surface area (Å²) in [5.41, 5.74) is 4.04. The zero-order valence-electron chi connectivity index (χ0n) is 9.60. The van der Waals surface area contributed by atoms with Crippen LogP contribution in [-0.4, -0.2) is 6.54 Å². The average Bonchev–Trinajstić information content (AvgIpc) is 2.89. The van der Waals surface area contributed by atoms with Gasteiger partial charge < -0.3 is 5.32 Å². The van der Waals surface area contributed by atoms with Gasteiger partial charge in [0, 0.05) is 18.0 Å². The Morgan fingerprint density at radius 1 is 1.12 bits per heavy atom. The van der Waals surface area contributed by atoms with Gasteiger partial charge in [-0.2, -0.15) is 0 Å². The van der Waals surface area contributed by atoms with Crippen LogP contribution in [0, 0.1) is 0 Å². The smallest absolute Gasteiger partial charge is 0.0584 e. The van der Waals surface area contributed by atoms with E-state index in [0.29, 0.717) is 0 Å². The fourth-order valence-corrected chi connectivity index (χ4v) is 2.39. The van der Waals surface area contributed by atoms with E-state index in [9.17, 15) is 0 Å². The van der Waals surface area contributed by atoms with Gasteiger partial charge >= 0.3 is 0 Å². The molecule has 1 aromatic heterocycles. The Morgan fingerprint density at radius 2 is 1.94 bits per heavy atom. The van der Waals surface area contributed by atoms with Crippen molar-refractivity contribution in [2.75, 3.05) is 6.54 Å². The molecule has 1 atom stereocenters. The maximum absolute atomic E-state index is 5.58. The van der Waals surface area contributed by atoms with E-state index in [1.165, 1.54) is 10.4 Å². The van der Waals surface area contributed by atoms with Crippen LogP contribution in [0.3, 0.4) is 0 Å². The molecule has 2 aromatic rings. The van der Waals surface area contributed by atoms with Crippen molar-refractivity contribution in [3.8, 4) is 0 Å². The molecule has 0 unspecified atom stereocenters. The summed E-state index contributed by atoms with van der Waals surface area (Å²) in [5, 5.41) is 5.50. The van der Waals surface area contributed by atoms with Gasteiger partial charge in [-0.3, -0.25) is 11.3 Å². The molecular weight excluding hydrogens is 230 g/mol. The first-order valence-electron chi connectivity index (χ1n) is 5.64. The standard InChI is InChI=1S/C13H17N3S/c14-16-13(11-5-2-1-3-6-11)10-15-9-12-7-4-8-17-12/h1-8,13,15-16H,9-10,14H2/t13-/m1/s1. The predicted molar refractivity (Wildman–Crippen MR) is 72.5 cm³/mol. The third-order valence-corrected chi connectivity index (χ3v) is 3.51. The lowest BCUT2D eigenvalue weighted by atomic mass is 10.1. The summed E-state index contributed by atoms with van der Waals surface area (Å²) in [6.07, 6.45) is 0. The molecule has 0 spiro atoms. The Bertz CT molecular complexity index is 413. The van der Waals surface area contributed by atoms with Gasteiger partial charge in [-0.05, 0) is 17.0 Å². The number of thiophene rings is 1. The minimum Gasteiger partial charge on any atom is -0.310 e. The molecule has 4 N–H and O–H groups in total. The lowest BCUT2D eigenvalue weighted by Crippen LogP contribution is -2.35. The summed E-state index contributed by atoms with van der Waals surface area (Å²) in [4.78, 5) is 1.34. The number of nitrogens with one attached hydrogen (secondary N) is 2. The normalized spacial score (nSPS) is 12.5. The molecule has 4 heteroatoms. The van der Waals surface area contributed by atoms with Crippen molar-refractivity contribution >= 4 is 11.3 Å². The third kappa shape index (κ3) is 3.64. The van der Waals surface area contributed by atoms with Crippen molar-refractivity contribution in [2.24, 2.45) is 5.84 Å². The first kappa shape index (κ1) is 12.3. The van der Waals surface area contributed by atoms with Crippen LogP contribution in [0.25, 0.3) is 0 Å². The zero-order valence-corrected chi connectivity index (χ0v) is 10.4. The lowest BCUT2D eigenvalue weighted by Gasteiger charge is -2.16. The van der Waals surface area contributed by atoms with E-state index in [0.717, 1.165) is 13.1 Å². The monoisotopic (exact) mass is 247 g/mol. The van der Waals surface area contributed by atoms with Gasteiger partial charge in [0.25, 0.3) is 0 Å². The highest BCUT2D eigenvalue weighted by Crippen LogP contribution is 2.11. The van der Waals surface area contributed by atoms with Crippen LogP contribution in [0.1, 0.15) is 16.5 Å². The van der Waals surface area contributed by atoms with E-state index in [1.54, 1.807) is 11.3 Å². The van der Waals surface area contributed by atoms with E-state index >= 15 is 0 Å². The molecule has 0 fully saturated rings. The number of hydrogen-bond donors (Lipinski definition) is 3. The number of nitrogens with two attached hydrogens (primary N) is 1. The van der Waals surface area contributed by atoms with E-state index in [-0.39, 0.29) is 6.04 Å². The largest absolute Gasteiger partial charge is 0.310 e. The van der Waals surface area contributed by atoms with E-state index in [2.05, 4.69) is 40.4 Å². The Labute approximate surface area is 106 Å². The van der Waals surface area contributed by atoms with E-state index < -0.39 is 0 Å². The van der Waals surface area contributed by atoms with Gasteiger partial charge in [0.15, 0.2) is 0 Å². The minimum atomic E-state index is 0.149. The summed E-state index contributed by atoms with van der Waals surface area (Å²) >= 11 is 1.76. The molecule has 0 aliphatic rings. The molecule has 0 bridgehead atoms. The minimum absolute atomic E-state index is 0.149. The Kier molecular flexibility index (Phi) is 4.70. The SMILES string of the molecule is NN[C@H](CNCc1cccs1)c1ccccc1. The van der Waals surface area contributed by atoms with Crippen molar-refractivity contribution in [3.63, 3.8) is 0 Å². The molecule has 0 saturated heterocycles. The Balaban J connectivity index is 1.84. The number of hydrazine groups is 1. The molecule has 90 valence electrons. The fraction of sp³-hybridized carbons (Fsp3) is 0.231. The van der Waals surface area contributed by atoms with Crippen molar-refractivity contribution in [1.29, 1.82) is 0 Å². The van der Waals surface area contributed by atoms with Gasteiger partial charge in [0.2, 0.25) is 0 Å². The van der Waals surface area contributed by atoms with Crippen LogP contribution in [0.2, 0.25) is 0 Å². The van der Waals surface area contributed by atoms with E-state index in [4.69, 9.17) is 5.84 Å². The molecule has 0 radical (unpaired) electrons. The highest BCUT2D eigenvalue weighted by Gasteiger charge is 2.07. The van der Waals surface area contributed by atoms with Crippen LogP contribution in [-0.2, 0) is 6.54 Å². The van der Waals surface area contributed by atoms with Crippen molar-refractivity contribution in [3.05, 3.63) is 58.3 Å². The predicted octanol–water partition coefficient (Wildman–Crippen LogP) is 2.04. The van der Waals surface area contributed by atoms with E-state index in [1.807, 2.05) is 18.2 Å². The maximum atomic E-state index is 5.58. The summed E-state index contributed by atoms with van der Waals surface area (Å²) < 4.78 is 0. The molecule has 0 aliphatic carbocycles. The first-order chi connectivity index (χ1) is 8.40. The van der Waals surface area contributed by atoms with Gasteiger partial charge in [-0.15, -0.1) is 11.3 Å². The lowest BCUT2D eigenvalue weighted by molar-refractivity contribution is 0.503. The van der Waals surface area contributed by atoms with Crippen molar-refractivity contribution < 1.29 is 0 Å². The van der Waals surface area contributed by atoms with Crippen LogP contribution in [0.4, 0.5) is 0 Å². The molecular formula is C13H17N3S. The molecule has 0 aliphatic heterocycles. The molecule has 0 saturated carbocycles. The first-order valence-corrected chi connectivity index (χ1v) is 6.52. The van der Waals surface area contributed by atoms with Crippen molar-refractivity contribution in [1.82, 2.24) is 10.7 Å². The third-order valence-electron chi connectivity index (χ3n) is 2.63. The van der Waals surface area contributed by atoms with Crippen LogP contribution >= 0.6 is 11.3 Å². The van der Waals surface area contributed by atoms with Gasteiger partial charge in [-0.1, -0.05) is 36.4 Å². The maximum Gasteiger partial charge on any atom is 0.0584 e. The number of benzene rings is 1. The quantitative estimate of drug-likeness (QED) is 0.541. The summed E-state index contributed by atoms with van der Waals surface area (Å²) in [6, 6.07) is 14.6. The molecule has 2 rings (SSSR count). The van der Waals surface area contributed by atoms with Gasteiger partial charge in [-0.25, -0.2) is 0 Å². The average molecular weight is 247 g/mol. The molecule has 0 amide bonds. The number of hydrogen-bond acceptors (Lipinski definition) is 4. The molecule has 1 heterocycles. The summed E-state index contributed by atoms with van der Waals surface area (Å²) in [5.74, 6) is 5.58. The van der Waals surface area contributed by atoms with Crippen LogP contribution in [0.5, 0.6) is 0 Å². The Hall–Kier alpha value is -1.20. The highest BCUT2D eigenvalue weighted by molar-refractivity contribution is 7.09. The summed E-state index contributed by atoms with van der Waals surface area (Å²) in [6.45, 7) is 1.71. The molecule has 1 aromatic carbocycles. The van der Waals surface area contributed by atoms with Gasteiger partial charge in [0.05, 0.1) is 6.04 Å². The van der Waals surface area contributed by atoms with Crippen molar-refractivity contribution in [2.45, 2.75) is 12.6 Å².